The number of aromatic nitrogens is 1. The van der Waals surface area contributed by atoms with Crippen LogP contribution in [0.25, 0.3) is 11.0 Å². The van der Waals surface area contributed by atoms with Crippen molar-refractivity contribution in [2.45, 2.75) is 13.0 Å². The summed E-state index contributed by atoms with van der Waals surface area (Å²) >= 11 is 3.39. The summed E-state index contributed by atoms with van der Waals surface area (Å²) in [6.45, 7) is 1.90. The number of phenolic OH excluding ortho intramolecular Hbond substituents is 1. The van der Waals surface area contributed by atoms with Crippen molar-refractivity contribution in [2.24, 2.45) is 0 Å². The Hall–Kier alpha value is -3.65. The molecule has 0 saturated carbocycles. The van der Waals surface area contributed by atoms with Crippen LogP contribution in [0.3, 0.4) is 0 Å². The summed E-state index contributed by atoms with van der Waals surface area (Å²) in [6.07, 6.45) is 1.66. The van der Waals surface area contributed by atoms with Crippen molar-refractivity contribution >= 4 is 38.6 Å². The summed E-state index contributed by atoms with van der Waals surface area (Å²) in [5.41, 5.74) is 1.76. The van der Waals surface area contributed by atoms with Crippen molar-refractivity contribution in [3.63, 3.8) is 0 Å². The molecular formula is C24H17BrN2O5. The van der Waals surface area contributed by atoms with Crippen LogP contribution in [-0.2, 0) is 0 Å². The quantitative estimate of drug-likeness (QED) is 0.444. The number of halogens is 1. The molecule has 32 heavy (non-hydrogen) atoms. The van der Waals surface area contributed by atoms with Crippen LogP contribution in [0.4, 0.5) is 5.82 Å². The molecule has 1 aliphatic rings. The molecule has 7 nitrogen and oxygen atoms in total. The molecule has 3 heterocycles. The minimum Gasteiger partial charge on any atom is -0.504 e. The number of methoxy groups -OCH3 is 1. The SMILES string of the molecule is COc1cc(C2c3c(oc4ccc(Br)cc4c3=O)C(=O)N2c2ccc(C)cn2)ccc1O. The number of rotatable bonds is 3. The summed E-state index contributed by atoms with van der Waals surface area (Å²) in [4.78, 5) is 33.0. The Bertz CT molecular complexity index is 1450. The van der Waals surface area contributed by atoms with Crippen LogP contribution in [0.15, 0.2) is 68.4 Å². The first-order chi connectivity index (χ1) is 15.4. The predicted octanol–water partition coefficient (Wildman–Crippen LogP) is 4.72. The Morgan fingerprint density at radius 2 is 1.94 bits per heavy atom. The third kappa shape index (κ3) is 3.06. The van der Waals surface area contributed by atoms with Gasteiger partial charge < -0.3 is 14.3 Å². The minimum absolute atomic E-state index is 0.0239. The van der Waals surface area contributed by atoms with E-state index in [9.17, 15) is 14.7 Å². The molecule has 1 aliphatic heterocycles. The standard InChI is InChI=1S/C24H17BrN2O5/c1-12-3-8-19(26-11-12)27-21(13-4-6-16(28)18(9-13)31-2)20-22(29)15-10-14(25)5-7-17(15)32-23(20)24(27)30/h3-11,21,28H,1-2H3. The van der Waals surface area contributed by atoms with Crippen LogP contribution in [0, 0.1) is 6.92 Å². The van der Waals surface area contributed by atoms with Crippen molar-refractivity contribution in [1.29, 1.82) is 0 Å². The molecule has 0 aliphatic carbocycles. The molecule has 160 valence electrons. The Labute approximate surface area is 191 Å². The first-order valence-corrected chi connectivity index (χ1v) is 10.6. The first kappa shape index (κ1) is 20.3. The molecule has 8 heteroatoms. The van der Waals surface area contributed by atoms with E-state index in [4.69, 9.17) is 9.15 Å². The normalized spacial score (nSPS) is 15.3. The summed E-state index contributed by atoms with van der Waals surface area (Å²) in [6, 6.07) is 12.6. The molecule has 1 atom stereocenters. The minimum atomic E-state index is -0.804. The lowest BCUT2D eigenvalue weighted by Gasteiger charge is -2.24. The second kappa shape index (κ2) is 7.49. The fraction of sp³-hybridized carbons (Fsp3) is 0.125. The van der Waals surface area contributed by atoms with Gasteiger partial charge in [0, 0.05) is 10.7 Å². The van der Waals surface area contributed by atoms with Crippen molar-refractivity contribution in [2.75, 3.05) is 12.0 Å². The molecule has 2 aromatic heterocycles. The first-order valence-electron chi connectivity index (χ1n) is 9.78. The van der Waals surface area contributed by atoms with Gasteiger partial charge in [-0.2, -0.15) is 0 Å². The molecule has 5 rings (SSSR count). The molecule has 0 fully saturated rings. The van der Waals surface area contributed by atoms with Gasteiger partial charge in [-0.15, -0.1) is 0 Å². The fourth-order valence-electron chi connectivity index (χ4n) is 3.96. The maximum Gasteiger partial charge on any atom is 0.296 e. The molecule has 0 spiro atoms. The lowest BCUT2D eigenvalue weighted by Crippen LogP contribution is -2.30. The van der Waals surface area contributed by atoms with E-state index >= 15 is 0 Å². The fourth-order valence-corrected chi connectivity index (χ4v) is 4.32. The molecule has 0 saturated heterocycles. The third-order valence-corrected chi connectivity index (χ3v) is 5.99. The maximum atomic E-state index is 13.6. The second-order valence-corrected chi connectivity index (χ2v) is 8.43. The van der Waals surface area contributed by atoms with Gasteiger partial charge in [-0.05, 0) is 54.4 Å². The number of aromatic hydroxyl groups is 1. The van der Waals surface area contributed by atoms with Gasteiger partial charge in [0.15, 0.2) is 16.9 Å². The topological polar surface area (TPSA) is 92.9 Å². The van der Waals surface area contributed by atoms with E-state index in [1.165, 1.54) is 18.1 Å². The average molecular weight is 493 g/mol. The number of benzene rings is 2. The van der Waals surface area contributed by atoms with Crippen molar-refractivity contribution in [3.8, 4) is 11.5 Å². The van der Waals surface area contributed by atoms with Gasteiger partial charge in [0.2, 0.25) is 5.76 Å². The number of fused-ring (bicyclic) bond motifs is 2. The molecule has 1 N–H and O–H groups in total. The Morgan fingerprint density at radius 3 is 2.66 bits per heavy atom. The number of pyridine rings is 1. The van der Waals surface area contributed by atoms with E-state index in [2.05, 4.69) is 20.9 Å². The lowest BCUT2D eigenvalue weighted by atomic mass is 9.98. The van der Waals surface area contributed by atoms with Gasteiger partial charge >= 0.3 is 0 Å². The van der Waals surface area contributed by atoms with E-state index in [1.54, 1.807) is 42.6 Å². The van der Waals surface area contributed by atoms with Gasteiger partial charge in [0.1, 0.15) is 11.4 Å². The number of hydrogen-bond donors (Lipinski definition) is 1. The van der Waals surface area contributed by atoms with Crippen molar-refractivity contribution in [1.82, 2.24) is 4.98 Å². The third-order valence-electron chi connectivity index (χ3n) is 5.49. The number of amides is 1. The Kier molecular flexibility index (Phi) is 4.74. The van der Waals surface area contributed by atoms with Gasteiger partial charge in [0.05, 0.1) is 24.1 Å². The van der Waals surface area contributed by atoms with E-state index in [-0.39, 0.29) is 28.3 Å². The number of phenols is 1. The number of carbonyl (C=O) groups excluding carboxylic acids is 1. The summed E-state index contributed by atoms with van der Waals surface area (Å²) in [7, 11) is 1.44. The van der Waals surface area contributed by atoms with Gasteiger partial charge in [0.25, 0.3) is 5.91 Å². The number of nitrogens with zero attached hydrogens (tertiary/aromatic N) is 2. The summed E-state index contributed by atoms with van der Waals surface area (Å²) in [5, 5.41) is 10.4. The van der Waals surface area contributed by atoms with Crippen molar-refractivity contribution in [3.05, 3.63) is 91.9 Å². The van der Waals surface area contributed by atoms with Crippen LogP contribution in [0.2, 0.25) is 0 Å². The van der Waals surface area contributed by atoms with E-state index in [0.29, 0.717) is 22.4 Å². The largest absolute Gasteiger partial charge is 0.504 e. The van der Waals surface area contributed by atoms with Crippen LogP contribution >= 0.6 is 15.9 Å². The van der Waals surface area contributed by atoms with Crippen LogP contribution < -0.4 is 15.1 Å². The van der Waals surface area contributed by atoms with Crippen LogP contribution in [0.1, 0.15) is 33.3 Å². The van der Waals surface area contributed by atoms with E-state index < -0.39 is 11.9 Å². The molecule has 0 bridgehead atoms. The van der Waals surface area contributed by atoms with E-state index in [0.717, 1.165) is 10.0 Å². The smallest absolute Gasteiger partial charge is 0.296 e. The molecule has 1 unspecified atom stereocenters. The number of hydrogen-bond acceptors (Lipinski definition) is 6. The maximum absolute atomic E-state index is 13.6. The highest BCUT2D eigenvalue weighted by atomic mass is 79.9. The van der Waals surface area contributed by atoms with E-state index in [1.807, 2.05) is 13.0 Å². The molecule has 1 amide bonds. The number of ether oxygens (including phenoxy) is 1. The number of aryl methyl sites for hydroxylation is 1. The summed E-state index contributed by atoms with van der Waals surface area (Å²) in [5.74, 6) is 0.0802. The Balaban J connectivity index is 1.82. The highest BCUT2D eigenvalue weighted by Gasteiger charge is 2.44. The average Bonchev–Trinajstić information content (AvgIpc) is 3.08. The zero-order valence-corrected chi connectivity index (χ0v) is 18.7. The zero-order valence-electron chi connectivity index (χ0n) is 17.1. The lowest BCUT2D eigenvalue weighted by molar-refractivity contribution is 0.0970. The molecule has 0 radical (unpaired) electrons. The number of carbonyl (C=O) groups is 1. The van der Waals surface area contributed by atoms with Crippen molar-refractivity contribution < 1.29 is 19.1 Å². The van der Waals surface area contributed by atoms with Gasteiger partial charge in [-0.25, -0.2) is 4.98 Å². The highest BCUT2D eigenvalue weighted by Crippen LogP contribution is 2.42. The van der Waals surface area contributed by atoms with Crippen LogP contribution in [0.5, 0.6) is 11.5 Å². The second-order valence-electron chi connectivity index (χ2n) is 7.52. The molecule has 4 aromatic rings. The van der Waals surface area contributed by atoms with Gasteiger partial charge in [-0.1, -0.05) is 28.1 Å². The molecular weight excluding hydrogens is 476 g/mol. The predicted molar refractivity (Wildman–Crippen MR) is 122 cm³/mol. The zero-order chi connectivity index (χ0) is 22.6. The molecule has 2 aromatic carbocycles. The summed E-state index contributed by atoms with van der Waals surface area (Å²) < 4.78 is 11.9. The number of anilines is 1. The monoisotopic (exact) mass is 492 g/mol. The van der Waals surface area contributed by atoms with Gasteiger partial charge in [-0.3, -0.25) is 14.5 Å². The van der Waals surface area contributed by atoms with Crippen LogP contribution in [-0.4, -0.2) is 23.1 Å². The Morgan fingerprint density at radius 1 is 1.12 bits per heavy atom. The highest BCUT2D eigenvalue weighted by molar-refractivity contribution is 9.10.